The van der Waals surface area contributed by atoms with Gasteiger partial charge in [0, 0.05) is 27.9 Å². The largest absolute Gasteiger partial charge is 0.493 e. The number of carbonyl (C=O) groups excluding carboxylic acids is 1. The Morgan fingerprint density at radius 2 is 1.94 bits per heavy atom. The molecule has 188 valence electrons. The number of para-hydroxylation sites is 1. The molecule has 3 aromatic rings. The lowest BCUT2D eigenvalue weighted by molar-refractivity contribution is -0.124. The second kappa shape index (κ2) is 12.9. The lowest BCUT2D eigenvalue weighted by atomic mass is 10.1. The predicted molar refractivity (Wildman–Crippen MR) is 140 cm³/mol. The van der Waals surface area contributed by atoms with Crippen molar-refractivity contribution in [2.45, 2.75) is 44.4 Å². The Balaban J connectivity index is 1.52. The maximum atomic E-state index is 12.2. The first-order valence-corrected chi connectivity index (χ1v) is 13.0. The van der Waals surface area contributed by atoms with E-state index in [0.29, 0.717) is 18.0 Å². The van der Waals surface area contributed by atoms with E-state index in [1.807, 2.05) is 63.2 Å². The number of amides is 1. The summed E-state index contributed by atoms with van der Waals surface area (Å²) in [6.45, 7) is 7.04. The average molecular weight is 564 g/mol. The molecule has 0 unspecified atom stereocenters. The van der Waals surface area contributed by atoms with E-state index in [9.17, 15) is 4.79 Å². The van der Waals surface area contributed by atoms with Crippen LogP contribution in [0, 0.1) is 0 Å². The van der Waals surface area contributed by atoms with Gasteiger partial charge < -0.3 is 20.1 Å². The highest BCUT2D eigenvalue weighted by Gasteiger charge is 2.18. The summed E-state index contributed by atoms with van der Waals surface area (Å²) >= 11 is 5.21. The molecule has 0 aliphatic carbocycles. The number of halogens is 1. The third-order valence-corrected chi connectivity index (χ3v) is 6.47. The van der Waals surface area contributed by atoms with Crippen LogP contribution in [-0.2, 0) is 11.3 Å². The summed E-state index contributed by atoms with van der Waals surface area (Å²) in [5.41, 5.74) is 1.51. The summed E-state index contributed by atoms with van der Waals surface area (Å²) in [6.07, 6.45) is 0.915. The van der Waals surface area contributed by atoms with Crippen molar-refractivity contribution >= 4 is 33.6 Å². The van der Waals surface area contributed by atoms with E-state index in [2.05, 4.69) is 42.1 Å². The standard InChI is InChI=1S/C24H31BrN6O3S/c1-24(2,3)27-21(32)16-34-22-18(19(25)11-12-20(22)33-4)15-26-13-8-14-35-23-28-29-30-31(23)17-9-6-5-7-10-17/h5-7,9-12,26H,8,13-16H2,1-4H3,(H,27,32). The van der Waals surface area contributed by atoms with Crippen LogP contribution in [0.5, 0.6) is 11.5 Å². The van der Waals surface area contributed by atoms with Crippen molar-refractivity contribution in [2.75, 3.05) is 26.0 Å². The molecule has 1 aromatic heterocycles. The van der Waals surface area contributed by atoms with Gasteiger partial charge in [0.15, 0.2) is 18.1 Å². The molecule has 0 fully saturated rings. The van der Waals surface area contributed by atoms with Gasteiger partial charge in [0.2, 0.25) is 5.16 Å². The quantitative estimate of drug-likeness (QED) is 0.252. The van der Waals surface area contributed by atoms with E-state index in [-0.39, 0.29) is 18.1 Å². The molecule has 0 bridgehead atoms. The molecule has 0 radical (unpaired) electrons. The molecule has 11 heteroatoms. The molecule has 0 aliphatic heterocycles. The molecule has 0 atom stereocenters. The van der Waals surface area contributed by atoms with Gasteiger partial charge in [0.05, 0.1) is 12.8 Å². The highest BCUT2D eigenvalue weighted by atomic mass is 79.9. The Kier molecular flexibility index (Phi) is 9.93. The molecule has 0 saturated heterocycles. The molecule has 0 aliphatic rings. The van der Waals surface area contributed by atoms with Crippen molar-refractivity contribution in [1.82, 2.24) is 30.8 Å². The number of tetrazole rings is 1. The Hall–Kier alpha value is -2.63. The Labute approximate surface area is 218 Å². The maximum absolute atomic E-state index is 12.2. The molecule has 0 spiro atoms. The number of methoxy groups -OCH3 is 1. The first-order chi connectivity index (χ1) is 16.8. The van der Waals surface area contributed by atoms with E-state index < -0.39 is 0 Å². The second-order valence-electron chi connectivity index (χ2n) is 8.73. The van der Waals surface area contributed by atoms with Crippen molar-refractivity contribution in [3.8, 4) is 17.2 Å². The van der Waals surface area contributed by atoms with Crippen molar-refractivity contribution in [1.29, 1.82) is 0 Å². The van der Waals surface area contributed by atoms with Crippen LogP contribution >= 0.6 is 27.7 Å². The van der Waals surface area contributed by atoms with Crippen molar-refractivity contribution in [3.05, 3.63) is 52.5 Å². The highest BCUT2D eigenvalue weighted by molar-refractivity contribution is 9.10. The molecular weight excluding hydrogens is 532 g/mol. The Bertz CT molecular complexity index is 1100. The predicted octanol–water partition coefficient (Wildman–Crippen LogP) is 4.00. The summed E-state index contributed by atoms with van der Waals surface area (Å²) in [5, 5.41) is 19.1. The fraction of sp³-hybridized carbons (Fsp3) is 0.417. The third-order valence-electron chi connectivity index (χ3n) is 4.72. The number of carbonyl (C=O) groups is 1. The number of aromatic nitrogens is 4. The molecule has 1 heterocycles. The molecular formula is C24H31BrN6O3S. The molecule has 2 N–H and O–H groups in total. The fourth-order valence-electron chi connectivity index (χ4n) is 3.23. The second-order valence-corrected chi connectivity index (χ2v) is 10.6. The van der Waals surface area contributed by atoms with Gasteiger partial charge in [-0.15, -0.1) is 5.10 Å². The van der Waals surface area contributed by atoms with Gasteiger partial charge in [-0.25, -0.2) is 0 Å². The van der Waals surface area contributed by atoms with Crippen LogP contribution in [0.2, 0.25) is 0 Å². The smallest absolute Gasteiger partial charge is 0.258 e. The maximum Gasteiger partial charge on any atom is 0.258 e. The van der Waals surface area contributed by atoms with Gasteiger partial charge in [-0.1, -0.05) is 45.9 Å². The zero-order valence-electron chi connectivity index (χ0n) is 20.4. The highest BCUT2D eigenvalue weighted by Crippen LogP contribution is 2.36. The van der Waals surface area contributed by atoms with E-state index in [1.165, 1.54) is 0 Å². The Morgan fingerprint density at radius 1 is 1.17 bits per heavy atom. The van der Waals surface area contributed by atoms with Gasteiger partial charge >= 0.3 is 0 Å². The number of rotatable bonds is 12. The van der Waals surface area contributed by atoms with Gasteiger partial charge in [-0.2, -0.15) is 4.68 Å². The third kappa shape index (κ3) is 8.22. The summed E-state index contributed by atoms with van der Waals surface area (Å²) in [6, 6.07) is 13.6. The van der Waals surface area contributed by atoms with Crippen molar-refractivity contribution in [2.24, 2.45) is 0 Å². The van der Waals surface area contributed by atoms with Crippen LogP contribution in [0.25, 0.3) is 5.69 Å². The van der Waals surface area contributed by atoms with Crippen LogP contribution in [-0.4, -0.2) is 57.7 Å². The van der Waals surface area contributed by atoms with Crippen molar-refractivity contribution in [3.63, 3.8) is 0 Å². The zero-order chi connectivity index (χ0) is 25.3. The van der Waals surface area contributed by atoms with E-state index in [0.717, 1.165) is 39.6 Å². The molecule has 35 heavy (non-hydrogen) atoms. The summed E-state index contributed by atoms with van der Waals surface area (Å²) in [7, 11) is 1.59. The van der Waals surface area contributed by atoms with Gasteiger partial charge in [-0.3, -0.25) is 4.79 Å². The van der Waals surface area contributed by atoms with Crippen molar-refractivity contribution < 1.29 is 14.3 Å². The minimum absolute atomic E-state index is 0.0934. The van der Waals surface area contributed by atoms with Crippen LogP contribution in [0.4, 0.5) is 0 Å². The minimum Gasteiger partial charge on any atom is -0.493 e. The summed E-state index contributed by atoms with van der Waals surface area (Å²) in [4.78, 5) is 12.2. The Morgan fingerprint density at radius 3 is 2.66 bits per heavy atom. The fourth-order valence-corrected chi connectivity index (χ4v) is 4.51. The van der Waals surface area contributed by atoms with Crippen LogP contribution < -0.4 is 20.1 Å². The lowest BCUT2D eigenvalue weighted by Gasteiger charge is -2.21. The average Bonchev–Trinajstić information content (AvgIpc) is 3.29. The molecule has 9 nitrogen and oxygen atoms in total. The summed E-state index contributed by atoms with van der Waals surface area (Å²) < 4.78 is 14.0. The molecule has 1 amide bonds. The van der Waals surface area contributed by atoms with Crippen LogP contribution in [0.15, 0.2) is 52.1 Å². The number of nitrogens with zero attached hydrogens (tertiary/aromatic N) is 4. The summed E-state index contributed by atoms with van der Waals surface area (Å²) in [5.74, 6) is 1.80. The van der Waals surface area contributed by atoms with E-state index in [4.69, 9.17) is 9.47 Å². The molecule has 3 rings (SSSR count). The zero-order valence-corrected chi connectivity index (χ0v) is 22.8. The number of benzene rings is 2. The lowest BCUT2D eigenvalue weighted by Crippen LogP contribution is -2.43. The minimum atomic E-state index is -0.325. The first kappa shape index (κ1) is 27.0. The molecule has 2 aromatic carbocycles. The number of nitrogens with one attached hydrogen (secondary N) is 2. The van der Waals surface area contributed by atoms with Crippen LogP contribution in [0.1, 0.15) is 32.8 Å². The first-order valence-electron chi connectivity index (χ1n) is 11.2. The van der Waals surface area contributed by atoms with Gasteiger partial charge in [0.1, 0.15) is 0 Å². The topological polar surface area (TPSA) is 103 Å². The van der Waals surface area contributed by atoms with E-state index >= 15 is 0 Å². The SMILES string of the molecule is COc1ccc(Br)c(CNCCCSc2nnnn2-c2ccccc2)c1OCC(=O)NC(C)(C)C. The van der Waals surface area contributed by atoms with Gasteiger partial charge in [-0.05, 0) is 68.4 Å². The normalized spacial score (nSPS) is 11.3. The molecule has 0 saturated carbocycles. The number of thioether (sulfide) groups is 1. The van der Waals surface area contributed by atoms with E-state index in [1.54, 1.807) is 23.6 Å². The number of hydrogen-bond acceptors (Lipinski definition) is 8. The van der Waals surface area contributed by atoms with Crippen LogP contribution in [0.3, 0.4) is 0 Å². The monoisotopic (exact) mass is 562 g/mol. The van der Waals surface area contributed by atoms with Gasteiger partial charge in [0.25, 0.3) is 5.91 Å². The number of ether oxygens (including phenoxy) is 2. The number of hydrogen-bond donors (Lipinski definition) is 2.